The van der Waals surface area contributed by atoms with Crippen molar-refractivity contribution in [2.24, 2.45) is 10.9 Å². The molecule has 1 aromatic heterocycles. The van der Waals surface area contributed by atoms with Gasteiger partial charge in [0.05, 0.1) is 0 Å². The topological polar surface area (TPSA) is 133 Å². The van der Waals surface area contributed by atoms with Crippen LogP contribution in [0.4, 0.5) is 5.82 Å². The van der Waals surface area contributed by atoms with E-state index in [0.717, 1.165) is 6.92 Å². The number of oxime groups is 1. The number of hydrogen-bond donors (Lipinski definition) is 2. The third-order valence-corrected chi connectivity index (χ3v) is 1.30. The van der Waals surface area contributed by atoms with Crippen LogP contribution in [0.15, 0.2) is 9.78 Å². The second kappa shape index (κ2) is 4.87. The van der Waals surface area contributed by atoms with Crippen LogP contribution >= 0.6 is 0 Å². The molecule has 1 aromatic rings. The summed E-state index contributed by atoms with van der Waals surface area (Å²) in [6.07, 6.45) is 0. The average Bonchev–Trinajstić information content (AvgIpc) is 2.61. The summed E-state index contributed by atoms with van der Waals surface area (Å²) in [4.78, 5) is 25.5. The van der Waals surface area contributed by atoms with E-state index < -0.39 is 5.97 Å². The van der Waals surface area contributed by atoms with Gasteiger partial charge in [-0.1, -0.05) is 5.16 Å². The SMILES string of the molecule is CC(=O)Nc1nonc1/C(N)=N\OC(C)=O. The fraction of sp³-hybridized carbons (Fsp3) is 0.286. The quantitative estimate of drug-likeness (QED) is 0.299. The maximum absolute atomic E-state index is 10.8. The molecule has 0 radical (unpaired) electrons. The van der Waals surface area contributed by atoms with E-state index in [1.807, 2.05) is 0 Å². The van der Waals surface area contributed by atoms with Crippen molar-refractivity contribution in [1.82, 2.24) is 10.3 Å². The summed E-state index contributed by atoms with van der Waals surface area (Å²) in [5.74, 6) is -1.25. The van der Waals surface area contributed by atoms with E-state index >= 15 is 0 Å². The highest BCUT2D eigenvalue weighted by molar-refractivity contribution is 6.02. The van der Waals surface area contributed by atoms with Gasteiger partial charge < -0.3 is 15.9 Å². The monoisotopic (exact) mass is 227 g/mol. The summed E-state index contributed by atoms with van der Waals surface area (Å²) < 4.78 is 4.36. The molecule has 0 unspecified atom stereocenters. The Morgan fingerprint density at radius 3 is 2.69 bits per heavy atom. The number of nitrogens with zero attached hydrogens (tertiary/aromatic N) is 3. The largest absolute Gasteiger partial charge is 0.379 e. The fourth-order valence-corrected chi connectivity index (χ4v) is 0.762. The van der Waals surface area contributed by atoms with Gasteiger partial charge in [-0.05, 0) is 10.3 Å². The minimum absolute atomic E-state index is 0.000835. The van der Waals surface area contributed by atoms with E-state index in [2.05, 4.69) is 30.3 Å². The predicted octanol–water partition coefficient (Wildman–Crippen LogP) is -0.789. The summed E-state index contributed by atoms with van der Waals surface area (Å²) in [5, 5.41) is 12.4. The van der Waals surface area contributed by atoms with Gasteiger partial charge in [-0.3, -0.25) is 4.79 Å². The third-order valence-electron chi connectivity index (χ3n) is 1.30. The summed E-state index contributed by atoms with van der Waals surface area (Å²) >= 11 is 0. The molecule has 3 N–H and O–H groups in total. The second-order valence-electron chi connectivity index (χ2n) is 2.70. The van der Waals surface area contributed by atoms with Crippen molar-refractivity contribution in [3.63, 3.8) is 0 Å². The Balaban J connectivity index is 2.86. The van der Waals surface area contributed by atoms with Crippen molar-refractivity contribution in [3.8, 4) is 0 Å². The minimum Gasteiger partial charge on any atom is -0.379 e. The highest BCUT2D eigenvalue weighted by Gasteiger charge is 2.15. The summed E-state index contributed by atoms with van der Waals surface area (Å²) in [5.41, 5.74) is 5.41. The van der Waals surface area contributed by atoms with Gasteiger partial charge in [0, 0.05) is 13.8 Å². The van der Waals surface area contributed by atoms with Crippen LogP contribution in [0.2, 0.25) is 0 Å². The van der Waals surface area contributed by atoms with Gasteiger partial charge in [-0.25, -0.2) is 9.42 Å². The zero-order valence-electron chi connectivity index (χ0n) is 8.55. The number of aromatic nitrogens is 2. The molecule has 1 amide bonds. The molecule has 0 aromatic carbocycles. The van der Waals surface area contributed by atoms with Gasteiger partial charge in [0.1, 0.15) is 0 Å². The highest BCUT2D eigenvalue weighted by Crippen LogP contribution is 2.08. The minimum atomic E-state index is -0.638. The van der Waals surface area contributed by atoms with Crippen molar-refractivity contribution in [3.05, 3.63) is 5.69 Å². The van der Waals surface area contributed by atoms with E-state index in [1.54, 1.807) is 0 Å². The molecule has 0 aliphatic rings. The molecule has 16 heavy (non-hydrogen) atoms. The lowest BCUT2D eigenvalue weighted by atomic mass is 10.4. The summed E-state index contributed by atoms with van der Waals surface area (Å²) in [7, 11) is 0. The Morgan fingerprint density at radius 2 is 2.12 bits per heavy atom. The summed E-state index contributed by atoms with van der Waals surface area (Å²) in [6, 6.07) is 0. The Labute approximate surface area is 89.6 Å². The first kappa shape index (κ1) is 11.6. The van der Waals surface area contributed by atoms with Crippen molar-refractivity contribution >= 4 is 23.5 Å². The molecule has 9 nitrogen and oxygen atoms in total. The molecule has 1 heterocycles. The van der Waals surface area contributed by atoms with Gasteiger partial charge in [-0.2, -0.15) is 0 Å². The van der Waals surface area contributed by atoms with Crippen molar-refractivity contribution < 1.29 is 19.1 Å². The zero-order chi connectivity index (χ0) is 12.1. The molecule has 0 saturated heterocycles. The maximum Gasteiger partial charge on any atom is 0.332 e. The molecule has 0 atom stereocenters. The average molecular weight is 227 g/mol. The van der Waals surface area contributed by atoms with Gasteiger partial charge in [0.25, 0.3) is 0 Å². The molecule has 0 saturated carbocycles. The normalized spacial score (nSPS) is 11.0. The van der Waals surface area contributed by atoms with Crippen LogP contribution in [-0.4, -0.2) is 28.0 Å². The standard InChI is InChI=1S/C7H9N5O4/c1-3(13)9-7-5(10-16-12-7)6(8)11-15-4(2)14/h1-2H3,(H2,8,11)(H,9,12,13). The molecule has 0 aliphatic heterocycles. The Morgan fingerprint density at radius 1 is 1.44 bits per heavy atom. The lowest BCUT2D eigenvalue weighted by Crippen LogP contribution is -2.18. The van der Waals surface area contributed by atoms with Crippen molar-refractivity contribution in [2.45, 2.75) is 13.8 Å². The van der Waals surface area contributed by atoms with Crippen LogP contribution in [0.3, 0.4) is 0 Å². The third kappa shape index (κ3) is 3.04. The van der Waals surface area contributed by atoms with Crippen LogP contribution in [0.5, 0.6) is 0 Å². The van der Waals surface area contributed by atoms with Crippen LogP contribution in [0, 0.1) is 0 Å². The Hall–Kier alpha value is -2.45. The molecule has 1 rings (SSSR count). The number of amidine groups is 1. The van der Waals surface area contributed by atoms with E-state index in [9.17, 15) is 9.59 Å². The Bertz CT molecular complexity index is 438. The van der Waals surface area contributed by atoms with Crippen LogP contribution in [-0.2, 0) is 14.4 Å². The highest BCUT2D eigenvalue weighted by atomic mass is 16.7. The number of nitrogens with two attached hydrogens (primary N) is 1. The number of nitrogens with one attached hydrogen (secondary N) is 1. The van der Waals surface area contributed by atoms with Crippen LogP contribution < -0.4 is 11.1 Å². The lowest BCUT2D eigenvalue weighted by Gasteiger charge is -1.98. The van der Waals surface area contributed by atoms with Crippen molar-refractivity contribution in [1.29, 1.82) is 0 Å². The first-order chi connectivity index (χ1) is 7.50. The number of anilines is 1. The molecule has 0 fully saturated rings. The lowest BCUT2D eigenvalue weighted by molar-refractivity contribution is -0.140. The number of carbonyl (C=O) groups is 2. The van der Waals surface area contributed by atoms with Gasteiger partial charge in [0.2, 0.25) is 11.7 Å². The first-order valence-electron chi connectivity index (χ1n) is 4.12. The number of rotatable bonds is 3. The van der Waals surface area contributed by atoms with Crippen LogP contribution in [0.1, 0.15) is 19.5 Å². The van der Waals surface area contributed by atoms with E-state index in [4.69, 9.17) is 5.73 Å². The molecule has 86 valence electrons. The molecular formula is C7H9N5O4. The molecule has 0 bridgehead atoms. The van der Waals surface area contributed by atoms with Gasteiger partial charge in [0.15, 0.2) is 11.5 Å². The van der Waals surface area contributed by atoms with E-state index in [0.29, 0.717) is 0 Å². The smallest absolute Gasteiger partial charge is 0.332 e. The second-order valence-corrected chi connectivity index (χ2v) is 2.70. The molecule has 9 heteroatoms. The zero-order valence-corrected chi connectivity index (χ0v) is 8.55. The molecule has 0 spiro atoms. The summed E-state index contributed by atoms with van der Waals surface area (Å²) in [6.45, 7) is 2.43. The predicted molar refractivity (Wildman–Crippen MR) is 51.1 cm³/mol. The number of hydrogen-bond acceptors (Lipinski definition) is 7. The maximum atomic E-state index is 10.8. The van der Waals surface area contributed by atoms with Gasteiger partial charge >= 0.3 is 5.97 Å². The first-order valence-corrected chi connectivity index (χ1v) is 4.12. The van der Waals surface area contributed by atoms with Crippen LogP contribution in [0.25, 0.3) is 0 Å². The van der Waals surface area contributed by atoms with E-state index in [-0.39, 0.29) is 23.3 Å². The Kier molecular flexibility index (Phi) is 3.53. The fourth-order valence-electron chi connectivity index (χ4n) is 0.762. The number of carbonyl (C=O) groups excluding carboxylic acids is 2. The van der Waals surface area contributed by atoms with Crippen molar-refractivity contribution in [2.75, 3.05) is 5.32 Å². The van der Waals surface area contributed by atoms with Gasteiger partial charge in [-0.15, -0.1) is 0 Å². The molecular weight excluding hydrogens is 218 g/mol. The molecule has 0 aliphatic carbocycles. The number of amides is 1. The van der Waals surface area contributed by atoms with E-state index in [1.165, 1.54) is 6.92 Å².